The van der Waals surface area contributed by atoms with Crippen LogP contribution in [0.1, 0.15) is 19.8 Å². The third kappa shape index (κ3) is 3.54. The molecule has 78 valence electrons. The second kappa shape index (κ2) is 5.86. The number of hydrogen-bond donors (Lipinski definition) is 0. The molecule has 0 bridgehead atoms. The summed E-state index contributed by atoms with van der Waals surface area (Å²) in [5.41, 5.74) is 0. The van der Waals surface area contributed by atoms with Crippen molar-refractivity contribution in [3.8, 4) is 0 Å². The maximum atomic E-state index is 11.5. The van der Waals surface area contributed by atoms with Crippen LogP contribution in [0.3, 0.4) is 0 Å². The van der Waals surface area contributed by atoms with E-state index in [-0.39, 0.29) is 22.8 Å². The molecule has 0 heterocycles. The highest BCUT2D eigenvalue weighted by Crippen LogP contribution is 2.20. The van der Waals surface area contributed by atoms with Crippen LogP contribution in [0.25, 0.3) is 0 Å². The van der Waals surface area contributed by atoms with E-state index in [1.54, 1.807) is 6.92 Å². The van der Waals surface area contributed by atoms with Crippen molar-refractivity contribution in [3.63, 3.8) is 0 Å². The summed E-state index contributed by atoms with van der Waals surface area (Å²) >= 11 is 0.957. The molecule has 0 aromatic carbocycles. The van der Waals surface area contributed by atoms with E-state index in [2.05, 4.69) is 0 Å². The van der Waals surface area contributed by atoms with Gasteiger partial charge in [-0.15, -0.1) is 0 Å². The van der Waals surface area contributed by atoms with Gasteiger partial charge in [-0.25, -0.2) is 4.79 Å². The highest BCUT2D eigenvalue weighted by molar-refractivity contribution is 8.13. The topological polar surface area (TPSA) is 43.4 Å². The molecule has 1 aliphatic carbocycles. The van der Waals surface area contributed by atoms with Crippen LogP contribution in [0.15, 0.2) is 12.2 Å². The molecule has 3 nitrogen and oxygen atoms in total. The minimum atomic E-state index is -0.355. The fourth-order valence-corrected chi connectivity index (χ4v) is 1.98. The molecule has 0 saturated carbocycles. The quantitative estimate of drug-likeness (QED) is 0.532. The molecule has 4 heteroatoms. The highest BCUT2D eigenvalue weighted by atomic mass is 32.2. The molecule has 0 aromatic heterocycles. The molecule has 0 atom stereocenters. The van der Waals surface area contributed by atoms with Gasteiger partial charge in [0.15, 0.2) is 0 Å². The lowest BCUT2D eigenvalue weighted by molar-refractivity contribution is -0.119. The van der Waals surface area contributed by atoms with Crippen molar-refractivity contribution in [2.45, 2.75) is 19.8 Å². The van der Waals surface area contributed by atoms with Crippen molar-refractivity contribution in [2.24, 2.45) is 5.92 Å². The van der Waals surface area contributed by atoms with Gasteiger partial charge in [0.1, 0.15) is 5.78 Å². The lowest BCUT2D eigenvalue weighted by Crippen LogP contribution is -2.14. The normalized spacial score (nSPS) is 15.8. The average Bonchev–Trinajstić information content (AvgIpc) is 2.67. The molecule has 0 amide bonds. The van der Waals surface area contributed by atoms with Gasteiger partial charge in [0.2, 0.25) is 0 Å². The molecular weight excluding hydrogens is 200 g/mol. The Labute approximate surface area is 87.9 Å². The zero-order valence-corrected chi connectivity index (χ0v) is 9.01. The zero-order chi connectivity index (χ0) is 10.4. The summed E-state index contributed by atoms with van der Waals surface area (Å²) in [5, 5.41) is -0.355. The molecule has 14 heavy (non-hydrogen) atoms. The molecule has 0 spiro atoms. The lowest BCUT2D eigenvalue weighted by Gasteiger charge is -2.06. The highest BCUT2D eigenvalue weighted by Gasteiger charge is 2.20. The Morgan fingerprint density at radius 1 is 1.43 bits per heavy atom. The van der Waals surface area contributed by atoms with E-state index in [0.717, 1.165) is 24.6 Å². The van der Waals surface area contributed by atoms with Crippen LogP contribution in [0.4, 0.5) is 4.79 Å². The van der Waals surface area contributed by atoms with Crippen molar-refractivity contribution in [1.82, 2.24) is 0 Å². The van der Waals surface area contributed by atoms with Crippen LogP contribution < -0.4 is 0 Å². The second-order valence-electron chi connectivity index (χ2n) is 3.08. The molecule has 0 N–H and O–H groups in total. The van der Waals surface area contributed by atoms with Gasteiger partial charge in [-0.3, -0.25) is 4.79 Å². The summed E-state index contributed by atoms with van der Waals surface area (Å²) < 4.78 is 4.71. The van der Waals surface area contributed by atoms with Crippen LogP contribution in [-0.4, -0.2) is 23.4 Å². The minimum Gasteiger partial charge on any atom is -0.458 e. The summed E-state index contributed by atoms with van der Waals surface area (Å²) in [6, 6.07) is 0. The fourth-order valence-electron chi connectivity index (χ4n) is 1.29. The second-order valence-corrected chi connectivity index (χ2v) is 3.99. The van der Waals surface area contributed by atoms with Crippen molar-refractivity contribution >= 4 is 22.8 Å². The molecule has 0 unspecified atom stereocenters. The Morgan fingerprint density at radius 2 is 2.07 bits per heavy atom. The van der Waals surface area contributed by atoms with Gasteiger partial charge in [0, 0.05) is 5.92 Å². The molecular formula is C10H14O3S. The van der Waals surface area contributed by atoms with Gasteiger partial charge in [0.05, 0.1) is 12.4 Å². The smallest absolute Gasteiger partial charge is 0.367 e. The van der Waals surface area contributed by atoms with E-state index in [0.29, 0.717) is 6.61 Å². The molecule has 0 saturated heterocycles. The van der Waals surface area contributed by atoms with E-state index in [4.69, 9.17) is 4.74 Å². The summed E-state index contributed by atoms with van der Waals surface area (Å²) in [4.78, 5) is 22.4. The first kappa shape index (κ1) is 11.3. The van der Waals surface area contributed by atoms with Crippen LogP contribution in [0, 0.1) is 5.92 Å². The van der Waals surface area contributed by atoms with Gasteiger partial charge in [-0.1, -0.05) is 12.2 Å². The first-order valence-electron chi connectivity index (χ1n) is 4.71. The van der Waals surface area contributed by atoms with Crippen molar-refractivity contribution < 1.29 is 14.3 Å². The summed E-state index contributed by atoms with van der Waals surface area (Å²) in [6.07, 6.45) is 5.67. The van der Waals surface area contributed by atoms with Crippen LogP contribution >= 0.6 is 11.8 Å². The SMILES string of the molecule is CCOC(=O)SCC(=O)C1CC=CC1. The van der Waals surface area contributed by atoms with Crippen molar-refractivity contribution in [2.75, 3.05) is 12.4 Å². The van der Waals surface area contributed by atoms with Crippen molar-refractivity contribution in [1.29, 1.82) is 0 Å². The molecule has 0 fully saturated rings. The predicted molar refractivity (Wildman–Crippen MR) is 56.4 cm³/mol. The summed E-state index contributed by atoms with van der Waals surface area (Å²) in [7, 11) is 0. The van der Waals surface area contributed by atoms with E-state index in [9.17, 15) is 9.59 Å². The van der Waals surface area contributed by atoms with E-state index >= 15 is 0 Å². The largest absolute Gasteiger partial charge is 0.458 e. The Kier molecular flexibility index (Phi) is 4.73. The summed E-state index contributed by atoms with van der Waals surface area (Å²) in [5.74, 6) is 0.482. The standard InChI is InChI=1S/C10H14O3S/c1-2-13-10(12)14-7-9(11)8-5-3-4-6-8/h3-4,8H,2,5-7H2,1H3. The van der Waals surface area contributed by atoms with Crippen LogP contribution in [0.2, 0.25) is 0 Å². The van der Waals surface area contributed by atoms with Gasteiger partial charge in [-0.05, 0) is 31.5 Å². The number of allylic oxidation sites excluding steroid dienone is 2. The molecule has 1 rings (SSSR count). The first-order valence-corrected chi connectivity index (χ1v) is 5.70. The lowest BCUT2D eigenvalue weighted by atomic mass is 10.0. The maximum absolute atomic E-state index is 11.5. The average molecular weight is 214 g/mol. The number of carbonyl (C=O) groups is 2. The minimum absolute atomic E-state index is 0.0944. The van der Waals surface area contributed by atoms with Crippen LogP contribution in [0.5, 0.6) is 0 Å². The number of ketones is 1. The van der Waals surface area contributed by atoms with Crippen LogP contribution in [-0.2, 0) is 9.53 Å². The van der Waals surface area contributed by atoms with E-state index in [1.165, 1.54) is 0 Å². The maximum Gasteiger partial charge on any atom is 0.367 e. The number of hydrogen-bond acceptors (Lipinski definition) is 4. The Morgan fingerprint density at radius 3 is 2.64 bits per heavy atom. The number of Topliss-reactive ketones (excluding diaryl/α,β-unsaturated/α-hetero) is 1. The van der Waals surface area contributed by atoms with E-state index in [1.807, 2.05) is 12.2 Å². The Balaban J connectivity index is 2.17. The Bertz CT molecular complexity index is 240. The molecule has 0 aromatic rings. The van der Waals surface area contributed by atoms with E-state index < -0.39 is 0 Å². The van der Waals surface area contributed by atoms with Gasteiger partial charge < -0.3 is 4.74 Å². The summed E-state index contributed by atoms with van der Waals surface area (Å²) in [6.45, 7) is 2.12. The fraction of sp³-hybridized carbons (Fsp3) is 0.600. The number of thioether (sulfide) groups is 1. The molecule has 0 radical (unpaired) electrons. The van der Waals surface area contributed by atoms with Crippen molar-refractivity contribution in [3.05, 3.63) is 12.2 Å². The molecule has 0 aliphatic heterocycles. The van der Waals surface area contributed by atoms with Gasteiger partial charge in [-0.2, -0.15) is 0 Å². The zero-order valence-electron chi connectivity index (χ0n) is 8.19. The number of carbonyl (C=O) groups excluding carboxylic acids is 2. The van der Waals surface area contributed by atoms with Gasteiger partial charge >= 0.3 is 5.30 Å². The van der Waals surface area contributed by atoms with Gasteiger partial charge in [0.25, 0.3) is 0 Å². The number of ether oxygens (including phenoxy) is 1. The number of rotatable bonds is 4. The predicted octanol–water partition coefficient (Wildman–Crippen LogP) is 2.41. The third-order valence-electron chi connectivity index (χ3n) is 2.06. The first-order chi connectivity index (χ1) is 6.74. The molecule has 1 aliphatic rings. The Hall–Kier alpha value is -0.770. The monoisotopic (exact) mass is 214 g/mol. The third-order valence-corrected chi connectivity index (χ3v) is 2.84.